The molecule has 10 nitrogen and oxygen atoms in total. The number of carbonyl (C=O) groups excluding carboxylic acids is 4. The normalized spacial score (nSPS) is 21.3. The molecule has 1 aromatic heterocycles. The zero-order valence-corrected chi connectivity index (χ0v) is 28.8. The molecule has 3 atom stereocenters. The maximum atomic E-state index is 14.6. The van der Waals surface area contributed by atoms with Gasteiger partial charge in [0.05, 0.1) is 11.5 Å². The minimum absolute atomic E-state index is 0.0103. The Labute approximate surface area is 268 Å². The number of aryl methyl sites for hydroxylation is 1. The lowest BCUT2D eigenvalue weighted by Crippen LogP contribution is -2.65. The number of hydrogen-bond acceptors (Lipinski definition) is 5. The Morgan fingerprint density at radius 3 is 2.40 bits per heavy atom. The van der Waals surface area contributed by atoms with Gasteiger partial charge in [-0.1, -0.05) is 12.1 Å². The van der Waals surface area contributed by atoms with Crippen LogP contribution in [0.3, 0.4) is 0 Å². The molecule has 0 bridgehead atoms. The van der Waals surface area contributed by atoms with Crippen LogP contribution in [0.5, 0.6) is 0 Å². The van der Waals surface area contributed by atoms with Gasteiger partial charge in [0.25, 0.3) is 0 Å². The lowest BCUT2D eigenvalue weighted by Gasteiger charge is -2.54. The third-order valence-electron chi connectivity index (χ3n) is 9.76. The highest BCUT2D eigenvalue weighted by Crippen LogP contribution is 2.50. The first kappa shape index (κ1) is 34.5. The number of fused-ring (bicyclic) bond motifs is 5. The van der Waals surface area contributed by atoms with Crippen LogP contribution in [0.25, 0.3) is 10.9 Å². The first-order valence-corrected chi connectivity index (χ1v) is 16.6. The van der Waals surface area contributed by atoms with Gasteiger partial charge in [0, 0.05) is 74.6 Å². The summed E-state index contributed by atoms with van der Waals surface area (Å²) < 4.78 is 0. The first-order valence-electron chi connectivity index (χ1n) is 16.6. The fourth-order valence-corrected chi connectivity index (χ4v) is 7.47. The van der Waals surface area contributed by atoms with Crippen molar-refractivity contribution >= 4 is 34.5 Å². The molecule has 45 heavy (non-hydrogen) atoms. The van der Waals surface area contributed by atoms with E-state index < -0.39 is 17.4 Å². The van der Waals surface area contributed by atoms with Gasteiger partial charge in [0.2, 0.25) is 23.6 Å². The minimum Gasteiger partial charge on any atom is -0.356 e. The van der Waals surface area contributed by atoms with E-state index in [1.54, 1.807) is 19.0 Å². The van der Waals surface area contributed by atoms with Crippen molar-refractivity contribution in [3.63, 3.8) is 0 Å². The lowest BCUT2D eigenvalue weighted by atomic mass is 9.67. The van der Waals surface area contributed by atoms with E-state index >= 15 is 0 Å². The molecule has 2 aliphatic heterocycles. The fourth-order valence-electron chi connectivity index (χ4n) is 7.47. The Balaban J connectivity index is 1.70. The molecule has 2 aromatic rings. The number of aromatic amines is 1. The third-order valence-corrected chi connectivity index (χ3v) is 9.76. The maximum Gasteiger partial charge on any atom is 0.228 e. The SMILES string of the molecule is CC(C)N(C(=O)[C@H]1C[C@H](CC(=O)NCCCN(C)C)C(=O)N2CCc3c([nH]c4cc(CCC(=O)N(C)C)ccc34)[C@]12C)C(C)C. The van der Waals surface area contributed by atoms with Crippen molar-refractivity contribution in [1.29, 1.82) is 0 Å². The van der Waals surface area contributed by atoms with E-state index in [-0.39, 0.29) is 42.1 Å². The van der Waals surface area contributed by atoms with E-state index in [1.807, 2.05) is 58.5 Å². The van der Waals surface area contributed by atoms with Crippen molar-refractivity contribution in [3.8, 4) is 0 Å². The lowest BCUT2D eigenvalue weighted by molar-refractivity contribution is -0.166. The van der Waals surface area contributed by atoms with Gasteiger partial charge in [-0.3, -0.25) is 19.2 Å². The van der Waals surface area contributed by atoms with E-state index in [9.17, 15) is 19.2 Å². The number of amides is 4. The molecule has 248 valence electrons. The van der Waals surface area contributed by atoms with Gasteiger partial charge < -0.3 is 29.9 Å². The average Bonchev–Trinajstić information content (AvgIpc) is 3.34. The molecule has 0 saturated carbocycles. The zero-order valence-electron chi connectivity index (χ0n) is 28.8. The van der Waals surface area contributed by atoms with Crippen molar-refractivity contribution in [1.82, 2.24) is 29.9 Å². The molecule has 1 saturated heterocycles. The Hall–Kier alpha value is -3.40. The Kier molecular flexibility index (Phi) is 10.7. The first-order chi connectivity index (χ1) is 21.2. The van der Waals surface area contributed by atoms with Crippen LogP contribution in [-0.4, -0.2) is 108 Å². The minimum atomic E-state index is -0.886. The number of hydrogen-bond donors (Lipinski definition) is 2. The highest BCUT2D eigenvalue weighted by atomic mass is 16.2. The number of nitrogens with one attached hydrogen (secondary N) is 2. The van der Waals surface area contributed by atoms with Crippen molar-refractivity contribution < 1.29 is 19.2 Å². The van der Waals surface area contributed by atoms with Gasteiger partial charge in [0.15, 0.2) is 0 Å². The molecule has 0 spiro atoms. The predicted molar refractivity (Wildman–Crippen MR) is 178 cm³/mol. The fraction of sp³-hybridized carbons (Fsp3) is 0.657. The van der Waals surface area contributed by atoms with Gasteiger partial charge in [-0.05, 0) is 98.1 Å². The van der Waals surface area contributed by atoms with Crippen LogP contribution in [0.15, 0.2) is 18.2 Å². The van der Waals surface area contributed by atoms with Gasteiger partial charge in [-0.2, -0.15) is 0 Å². The number of piperidine rings is 1. The van der Waals surface area contributed by atoms with Crippen LogP contribution in [0.2, 0.25) is 0 Å². The highest BCUT2D eigenvalue weighted by molar-refractivity contribution is 5.93. The second kappa shape index (κ2) is 13.9. The van der Waals surface area contributed by atoms with Gasteiger partial charge in [-0.25, -0.2) is 0 Å². The molecule has 0 unspecified atom stereocenters. The molecule has 4 rings (SSSR count). The standard InChI is InChI=1S/C35H54N6O4/c1-22(2)41(23(3)4)34(45)28-20-25(21-30(42)36-16-10-17-38(6)7)33(44)40-18-15-27-26-13-11-24(12-14-31(43)39(8)9)19-29(26)37-32(27)35(28,40)5/h11,13,19,22-23,25,28,37H,10,12,14-18,20-21H2,1-9H3,(H,36,42)/t25-,28-,35+/m1/s1. The maximum absolute atomic E-state index is 14.6. The monoisotopic (exact) mass is 622 g/mol. The van der Waals surface area contributed by atoms with E-state index in [0.717, 1.165) is 40.7 Å². The van der Waals surface area contributed by atoms with Gasteiger partial charge in [0.1, 0.15) is 0 Å². The number of H-pyrrole nitrogens is 1. The average molecular weight is 623 g/mol. The molecule has 0 radical (unpaired) electrons. The Morgan fingerprint density at radius 1 is 1.09 bits per heavy atom. The zero-order chi connectivity index (χ0) is 33.2. The second-order valence-corrected chi connectivity index (χ2v) is 14.2. The Bertz CT molecular complexity index is 1400. The molecule has 4 amide bonds. The number of rotatable bonds is 12. The van der Waals surface area contributed by atoms with Gasteiger partial charge in [-0.15, -0.1) is 0 Å². The number of aromatic nitrogens is 1. The van der Waals surface area contributed by atoms with Crippen LogP contribution < -0.4 is 5.32 Å². The largest absolute Gasteiger partial charge is 0.356 e. The topological polar surface area (TPSA) is 109 Å². The molecule has 2 N–H and O–H groups in total. The van der Waals surface area contributed by atoms with Crippen LogP contribution in [-0.2, 0) is 37.6 Å². The summed E-state index contributed by atoms with van der Waals surface area (Å²) in [5.74, 6) is -1.17. The van der Waals surface area contributed by atoms with Crippen LogP contribution in [0, 0.1) is 11.8 Å². The molecule has 3 heterocycles. The number of carbonyl (C=O) groups is 4. The molecule has 1 fully saturated rings. The molecule has 0 aliphatic carbocycles. The summed E-state index contributed by atoms with van der Waals surface area (Å²) in [7, 11) is 7.53. The molecular formula is C35H54N6O4. The summed E-state index contributed by atoms with van der Waals surface area (Å²) in [4.78, 5) is 65.2. The van der Waals surface area contributed by atoms with Crippen molar-refractivity contribution in [2.24, 2.45) is 11.8 Å². The van der Waals surface area contributed by atoms with Crippen molar-refractivity contribution in [3.05, 3.63) is 35.0 Å². The summed E-state index contributed by atoms with van der Waals surface area (Å²) in [5.41, 5.74) is 3.19. The molecule has 10 heteroatoms. The number of benzene rings is 1. The smallest absolute Gasteiger partial charge is 0.228 e. The molecule has 1 aromatic carbocycles. The predicted octanol–water partition coefficient (Wildman–Crippen LogP) is 3.53. The van der Waals surface area contributed by atoms with E-state index in [2.05, 4.69) is 33.4 Å². The van der Waals surface area contributed by atoms with E-state index in [4.69, 9.17) is 0 Å². The summed E-state index contributed by atoms with van der Waals surface area (Å²) in [6.45, 7) is 12.1. The van der Waals surface area contributed by atoms with Gasteiger partial charge >= 0.3 is 0 Å². The summed E-state index contributed by atoms with van der Waals surface area (Å²) >= 11 is 0. The molecule has 2 aliphatic rings. The van der Waals surface area contributed by atoms with E-state index in [0.29, 0.717) is 38.8 Å². The third kappa shape index (κ3) is 7.05. The van der Waals surface area contributed by atoms with Crippen LogP contribution >= 0.6 is 0 Å². The highest BCUT2D eigenvalue weighted by Gasteiger charge is 2.57. The second-order valence-electron chi connectivity index (χ2n) is 14.2. The summed E-state index contributed by atoms with van der Waals surface area (Å²) in [5, 5.41) is 4.08. The van der Waals surface area contributed by atoms with Crippen LogP contribution in [0.1, 0.15) is 77.1 Å². The van der Waals surface area contributed by atoms with Crippen LogP contribution in [0.4, 0.5) is 0 Å². The summed E-state index contributed by atoms with van der Waals surface area (Å²) in [6, 6.07) is 6.27. The summed E-state index contributed by atoms with van der Waals surface area (Å²) in [6.07, 6.45) is 2.96. The van der Waals surface area contributed by atoms with Crippen molar-refractivity contribution in [2.75, 3.05) is 47.8 Å². The van der Waals surface area contributed by atoms with Crippen molar-refractivity contribution in [2.45, 2.75) is 90.8 Å². The number of nitrogens with zero attached hydrogens (tertiary/aromatic N) is 4. The molecular weight excluding hydrogens is 568 g/mol. The van der Waals surface area contributed by atoms with E-state index in [1.165, 1.54) is 0 Å². The quantitative estimate of drug-likeness (QED) is 0.352. The Morgan fingerprint density at radius 2 is 1.78 bits per heavy atom.